The van der Waals surface area contributed by atoms with Crippen LogP contribution in [0.2, 0.25) is 0 Å². The van der Waals surface area contributed by atoms with E-state index in [1.165, 1.54) is 6.42 Å². The van der Waals surface area contributed by atoms with Gasteiger partial charge in [-0.25, -0.2) is 0 Å². The van der Waals surface area contributed by atoms with Crippen LogP contribution in [0.25, 0.3) is 0 Å². The molecule has 4 nitrogen and oxygen atoms in total. The minimum Gasteiger partial charge on any atom is -0.370 e. The molecule has 1 fully saturated rings. The van der Waals surface area contributed by atoms with Crippen molar-refractivity contribution in [3.8, 4) is 0 Å². The molecule has 19 heavy (non-hydrogen) atoms. The van der Waals surface area contributed by atoms with Crippen molar-refractivity contribution in [2.24, 2.45) is 0 Å². The molecule has 4 heteroatoms. The Balaban J connectivity index is 1.80. The average molecular weight is 262 g/mol. The summed E-state index contributed by atoms with van der Waals surface area (Å²) in [5.41, 5.74) is 0.928. The van der Waals surface area contributed by atoms with Crippen LogP contribution in [0.5, 0.6) is 0 Å². The van der Waals surface area contributed by atoms with Crippen molar-refractivity contribution in [1.29, 1.82) is 0 Å². The van der Waals surface area contributed by atoms with Gasteiger partial charge in [0.1, 0.15) is 6.61 Å². The lowest BCUT2D eigenvalue weighted by molar-refractivity contribution is -0.123. The first-order chi connectivity index (χ1) is 9.31. The Morgan fingerprint density at radius 2 is 2.21 bits per heavy atom. The molecule has 0 unspecified atom stereocenters. The van der Waals surface area contributed by atoms with Crippen LogP contribution in [0, 0.1) is 0 Å². The van der Waals surface area contributed by atoms with Crippen molar-refractivity contribution in [2.75, 3.05) is 31.2 Å². The summed E-state index contributed by atoms with van der Waals surface area (Å²) >= 11 is 0. The Labute approximate surface area is 114 Å². The summed E-state index contributed by atoms with van der Waals surface area (Å²) in [5, 5.41) is 3.36. The Hall–Kier alpha value is -1.39. The summed E-state index contributed by atoms with van der Waals surface area (Å²) in [6.07, 6.45) is 2.34. The molecule has 1 aliphatic heterocycles. The lowest BCUT2D eigenvalue weighted by atomic mass is 10.2. The quantitative estimate of drug-likeness (QED) is 0.850. The first kappa shape index (κ1) is 14.0. The first-order valence-electron chi connectivity index (χ1n) is 6.97. The van der Waals surface area contributed by atoms with E-state index in [4.69, 9.17) is 4.74 Å². The van der Waals surface area contributed by atoms with Gasteiger partial charge in [-0.15, -0.1) is 0 Å². The molecule has 0 aromatic heterocycles. The van der Waals surface area contributed by atoms with Gasteiger partial charge in [0.15, 0.2) is 0 Å². The molecule has 0 aliphatic carbocycles. The predicted molar refractivity (Wildman–Crippen MR) is 76.3 cm³/mol. The number of carbonyl (C=O) groups is 1. The van der Waals surface area contributed by atoms with E-state index in [1.807, 2.05) is 37.3 Å². The summed E-state index contributed by atoms with van der Waals surface area (Å²) in [6.45, 7) is 4.48. The highest BCUT2D eigenvalue weighted by atomic mass is 16.5. The maximum Gasteiger partial charge on any atom is 0.252 e. The number of likely N-dealkylation sites (N-methyl/N-ethyl adjacent to an activating group) is 1. The van der Waals surface area contributed by atoms with Gasteiger partial charge in [-0.2, -0.15) is 0 Å². The largest absolute Gasteiger partial charge is 0.370 e. The van der Waals surface area contributed by atoms with Gasteiger partial charge < -0.3 is 15.0 Å². The minimum absolute atomic E-state index is 0.0201. The van der Waals surface area contributed by atoms with Gasteiger partial charge in [0.05, 0.1) is 6.61 Å². The average Bonchev–Trinajstić information content (AvgIpc) is 2.94. The zero-order chi connectivity index (χ0) is 13.5. The summed E-state index contributed by atoms with van der Waals surface area (Å²) in [4.78, 5) is 13.9. The third kappa shape index (κ3) is 4.04. The number of hydrogen-bond acceptors (Lipinski definition) is 3. The van der Waals surface area contributed by atoms with E-state index < -0.39 is 0 Å². The predicted octanol–water partition coefficient (Wildman–Crippen LogP) is 1.81. The molecule has 2 rings (SSSR count). The van der Waals surface area contributed by atoms with Gasteiger partial charge in [0.2, 0.25) is 0 Å². The highest BCUT2D eigenvalue weighted by molar-refractivity contribution is 5.94. The second-order valence-corrected chi connectivity index (χ2v) is 4.78. The van der Waals surface area contributed by atoms with Crippen molar-refractivity contribution in [3.63, 3.8) is 0 Å². The Morgan fingerprint density at radius 3 is 2.84 bits per heavy atom. The highest BCUT2D eigenvalue weighted by Crippen LogP contribution is 2.13. The molecule has 104 valence electrons. The number of ether oxygens (including phenoxy) is 1. The number of hydrogen-bond donors (Lipinski definition) is 1. The van der Waals surface area contributed by atoms with Crippen molar-refractivity contribution < 1.29 is 9.53 Å². The molecule has 1 aromatic rings. The van der Waals surface area contributed by atoms with Gasteiger partial charge in [-0.3, -0.25) is 4.79 Å². The molecule has 0 saturated carbocycles. The number of benzene rings is 1. The Kier molecular flexibility index (Phi) is 5.36. The van der Waals surface area contributed by atoms with E-state index in [0.717, 1.165) is 18.7 Å². The highest BCUT2D eigenvalue weighted by Gasteiger charge is 2.17. The number of nitrogens with one attached hydrogen (secondary N) is 1. The fourth-order valence-electron chi connectivity index (χ4n) is 2.38. The zero-order valence-electron chi connectivity index (χ0n) is 11.5. The van der Waals surface area contributed by atoms with Crippen LogP contribution in [0.4, 0.5) is 5.69 Å². The van der Waals surface area contributed by atoms with Gasteiger partial charge >= 0.3 is 0 Å². The molecule has 1 heterocycles. The van der Waals surface area contributed by atoms with Crippen molar-refractivity contribution in [2.45, 2.75) is 25.8 Å². The topological polar surface area (TPSA) is 41.6 Å². The van der Waals surface area contributed by atoms with Gasteiger partial charge in [0.25, 0.3) is 5.91 Å². The molecule has 0 radical (unpaired) electrons. The third-order valence-corrected chi connectivity index (χ3v) is 3.39. The van der Waals surface area contributed by atoms with Crippen molar-refractivity contribution in [3.05, 3.63) is 30.3 Å². The SMILES string of the molecule is CCN(C(=O)COC[C@@H]1CCCN1)c1ccccc1. The second-order valence-electron chi connectivity index (χ2n) is 4.78. The van der Waals surface area contributed by atoms with Crippen LogP contribution < -0.4 is 10.2 Å². The van der Waals surface area contributed by atoms with Crippen LogP contribution in [-0.4, -0.2) is 38.3 Å². The number of rotatable bonds is 6. The standard InChI is InChI=1S/C15H22N2O2/c1-2-17(14-8-4-3-5-9-14)15(18)12-19-11-13-7-6-10-16-13/h3-5,8-9,13,16H,2,6-7,10-12H2,1H3/t13-/m0/s1. The van der Waals surface area contributed by atoms with Gasteiger partial charge in [-0.1, -0.05) is 18.2 Å². The monoisotopic (exact) mass is 262 g/mol. The van der Waals surface area contributed by atoms with E-state index in [-0.39, 0.29) is 12.5 Å². The maximum atomic E-state index is 12.1. The molecule has 1 atom stereocenters. The normalized spacial score (nSPS) is 18.5. The number of anilines is 1. The molecular formula is C15H22N2O2. The number of nitrogens with zero attached hydrogens (tertiary/aromatic N) is 1. The summed E-state index contributed by atoms with van der Waals surface area (Å²) in [7, 11) is 0. The molecule has 0 bridgehead atoms. The molecule has 0 spiro atoms. The van der Waals surface area contributed by atoms with Crippen molar-refractivity contribution >= 4 is 11.6 Å². The van der Waals surface area contributed by atoms with E-state index in [0.29, 0.717) is 19.2 Å². The molecule has 1 N–H and O–H groups in total. The first-order valence-corrected chi connectivity index (χ1v) is 6.97. The summed E-state index contributed by atoms with van der Waals surface area (Å²) in [6, 6.07) is 10.1. The zero-order valence-corrected chi connectivity index (χ0v) is 11.5. The molecule has 1 aliphatic rings. The van der Waals surface area contributed by atoms with E-state index in [1.54, 1.807) is 4.90 Å². The lowest BCUT2D eigenvalue weighted by Crippen LogP contribution is -2.35. The maximum absolute atomic E-state index is 12.1. The van der Waals surface area contributed by atoms with Gasteiger partial charge in [0, 0.05) is 18.3 Å². The minimum atomic E-state index is 0.0201. The third-order valence-electron chi connectivity index (χ3n) is 3.39. The van der Waals surface area contributed by atoms with Crippen LogP contribution in [0.3, 0.4) is 0 Å². The molecule has 1 amide bonds. The van der Waals surface area contributed by atoms with Crippen molar-refractivity contribution in [1.82, 2.24) is 5.32 Å². The summed E-state index contributed by atoms with van der Waals surface area (Å²) < 4.78 is 5.53. The van der Waals surface area contributed by atoms with Crippen LogP contribution in [-0.2, 0) is 9.53 Å². The second kappa shape index (κ2) is 7.26. The van der Waals surface area contributed by atoms with Crippen LogP contribution in [0.15, 0.2) is 30.3 Å². The molecular weight excluding hydrogens is 240 g/mol. The van der Waals surface area contributed by atoms with Crippen LogP contribution >= 0.6 is 0 Å². The summed E-state index contributed by atoms with van der Waals surface area (Å²) in [5.74, 6) is 0.0201. The van der Waals surface area contributed by atoms with Crippen LogP contribution in [0.1, 0.15) is 19.8 Å². The Morgan fingerprint density at radius 1 is 1.42 bits per heavy atom. The lowest BCUT2D eigenvalue weighted by Gasteiger charge is -2.21. The van der Waals surface area contributed by atoms with Gasteiger partial charge in [-0.05, 0) is 38.4 Å². The van der Waals surface area contributed by atoms with E-state index in [2.05, 4.69) is 5.32 Å². The smallest absolute Gasteiger partial charge is 0.252 e. The Bertz CT molecular complexity index is 388. The fraction of sp³-hybridized carbons (Fsp3) is 0.533. The fourth-order valence-corrected chi connectivity index (χ4v) is 2.38. The number of para-hydroxylation sites is 1. The van der Waals surface area contributed by atoms with E-state index >= 15 is 0 Å². The molecule has 1 saturated heterocycles. The number of amides is 1. The molecule has 1 aromatic carbocycles. The number of carbonyl (C=O) groups excluding carboxylic acids is 1. The van der Waals surface area contributed by atoms with E-state index in [9.17, 15) is 4.79 Å².